The number of para-hydroxylation sites is 2. The van der Waals surface area contributed by atoms with Gasteiger partial charge in [0.05, 0.1) is 23.4 Å². The fraction of sp³-hybridized carbons (Fsp3) is 0.222. The first-order valence-electron chi connectivity index (χ1n) is 4.42. The molecule has 80 valence electrons. The van der Waals surface area contributed by atoms with Gasteiger partial charge in [0.15, 0.2) is 0 Å². The number of hydrogen-bond donors (Lipinski definition) is 2. The molecule has 1 aromatic carbocycles. The number of aliphatic hydroxyl groups excluding tert-OH is 1. The monoisotopic (exact) mass is 226 g/mol. The van der Waals surface area contributed by atoms with Crippen molar-refractivity contribution in [3.8, 4) is 0 Å². The zero-order valence-electron chi connectivity index (χ0n) is 7.84. The molecule has 0 aliphatic rings. The number of imidazole rings is 1. The second kappa shape index (κ2) is 3.63. The third-order valence-electron chi connectivity index (χ3n) is 2.02. The van der Waals surface area contributed by atoms with Crippen molar-refractivity contribution in [1.29, 1.82) is 0 Å². The van der Waals surface area contributed by atoms with Gasteiger partial charge >= 0.3 is 0 Å². The lowest BCUT2D eigenvalue weighted by molar-refractivity contribution is 0.319. The summed E-state index contributed by atoms with van der Waals surface area (Å²) in [4.78, 5) is 6.66. The maximum atomic E-state index is 11.5. The summed E-state index contributed by atoms with van der Waals surface area (Å²) < 4.78 is 23.1. The molecule has 0 amide bonds. The second-order valence-electron chi connectivity index (χ2n) is 3.10. The highest BCUT2D eigenvalue weighted by molar-refractivity contribution is 7.91. The number of hydrogen-bond acceptors (Lipinski definition) is 4. The summed E-state index contributed by atoms with van der Waals surface area (Å²) in [7, 11) is -3.49. The maximum absolute atomic E-state index is 11.5. The van der Waals surface area contributed by atoms with Crippen molar-refractivity contribution < 1.29 is 13.5 Å². The lowest BCUT2D eigenvalue weighted by atomic mass is 10.3. The Hall–Kier alpha value is -1.40. The van der Waals surface area contributed by atoms with Gasteiger partial charge in [0, 0.05) is 0 Å². The number of aromatic amines is 1. The number of sulfone groups is 1. The highest BCUT2D eigenvalue weighted by Crippen LogP contribution is 2.14. The molecule has 0 bridgehead atoms. The van der Waals surface area contributed by atoms with Crippen LogP contribution in [0.15, 0.2) is 29.4 Å². The van der Waals surface area contributed by atoms with E-state index in [9.17, 15) is 8.42 Å². The Morgan fingerprint density at radius 3 is 2.73 bits per heavy atom. The smallest absolute Gasteiger partial charge is 0.226 e. The van der Waals surface area contributed by atoms with Crippen molar-refractivity contribution in [2.24, 2.45) is 0 Å². The molecule has 15 heavy (non-hydrogen) atoms. The second-order valence-corrected chi connectivity index (χ2v) is 5.13. The van der Waals surface area contributed by atoms with Gasteiger partial charge in [0.2, 0.25) is 15.0 Å². The molecule has 1 heterocycles. The summed E-state index contributed by atoms with van der Waals surface area (Å²) in [6, 6.07) is 7.05. The highest BCUT2D eigenvalue weighted by Gasteiger charge is 2.17. The number of aromatic nitrogens is 2. The van der Waals surface area contributed by atoms with E-state index in [2.05, 4.69) is 9.97 Å². The molecule has 0 spiro atoms. The molecule has 0 atom stereocenters. The fourth-order valence-corrected chi connectivity index (χ4v) is 2.23. The first-order valence-corrected chi connectivity index (χ1v) is 6.07. The van der Waals surface area contributed by atoms with Crippen LogP contribution in [-0.2, 0) is 9.84 Å². The Balaban J connectivity index is 2.54. The van der Waals surface area contributed by atoms with E-state index in [1.54, 1.807) is 24.3 Å². The van der Waals surface area contributed by atoms with Crippen LogP contribution < -0.4 is 0 Å². The summed E-state index contributed by atoms with van der Waals surface area (Å²) in [5, 5.41) is 8.53. The van der Waals surface area contributed by atoms with Crippen molar-refractivity contribution in [3.05, 3.63) is 24.3 Å². The minimum absolute atomic E-state index is 0.0854. The molecule has 0 radical (unpaired) electrons. The Morgan fingerprint density at radius 1 is 1.33 bits per heavy atom. The van der Waals surface area contributed by atoms with Crippen LogP contribution in [0, 0.1) is 0 Å². The average Bonchev–Trinajstić information content (AvgIpc) is 2.61. The van der Waals surface area contributed by atoms with Gasteiger partial charge in [-0.05, 0) is 12.1 Å². The van der Waals surface area contributed by atoms with E-state index < -0.39 is 16.4 Å². The van der Waals surface area contributed by atoms with Gasteiger partial charge in [-0.15, -0.1) is 0 Å². The third kappa shape index (κ3) is 1.86. The molecule has 0 saturated carbocycles. The predicted octanol–water partition coefficient (Wildman–Crippen LogP) is 0.329. The van der Waals surface area contributed by atoms with Gasteiger partial charge in [-0.1, -0.05) is 12.1 Å². The SMILES string of the molecule is O=S(=O)(CCO)c1nc2ccccc2[nH]1. The molecule has 0 aliphatic heterocycles. The quantitative estimate of drug-likeness (QED) is 0.790. The van der Waals surface area contributed by atoms with Crippen LogP contribution in [0.1, 0.15) is 0 Å². The molecule has 6 heteroatoms. The van der Waals surface area contributed by atoms with Crippen LogP contribution in [0.4, 0.5) is 0 Å². The summed E-state index contributed by atoms with van der Waals surface area (Å²) in [5.41, 5.74) is 1.28. The van der Waals surface area contributed by atoms with E-state index >= 15 is 0 Å². The molecular weight excluding hydrogens is 216 g/mol. The highest BCUT2D eigenvalue weighted by atomic mass is 32.2. The van der Waals surface area contributed by atoms with Gasteiger partial charge in [0.25, 0.3) is 0 Å². The van der Waals surface area contributed by atoms with E-state index in [4.69, 9.17) is 5.11 Å². The largest absolute Gasteiger partial charge is 0.395 e. The van der Waals surface area contributed by atoms with Gasteiger partial charge in [0.1, 0.15) is 0 Å². The first-order chi connectivity index (χ1) is 7.13. The van der Waals surface area contributed by atoms with E-state index in [1.165, 1.54) is 0 Å². The van der Waals surface area contributed by atoms with Crippen LogP contribution in [-0.4, -0.2) is 35.9 Å². The van der Waals surface area contributed by atoms with Gasteiger partial charge in [-0.2, -0.15) is 0 Å². The molecular formula is C9H10N2O3S. The molecule has 1 aromatic heterocycles. The van der Waals surface area contributed by atoms with Crippen LogP contribution in [0.5, 0.6) is 0 Å². The molecule has 2 aromatic rings. The lowest BCUT2D eigenvalue weighted by Gasteiger charge is -1.95. The van der Waals surface area contributed by atoms with Crippen LogP contribution in [0.25, 0.3) is 11.0 Å². The number of rotatable bonds is 3. The molecule has 5 nitrogen and oxygen atoms in total. The molecule has 2 N–H and O–H groups in total. The van der Waals surface area contributed by atoms with Crippen LogP contribution >= 0.6 is 0 Å². The number of fused-ring (bicyclic) bond motifs is 1. The van der Waals surface area contributed by atoms with Crippen molar-refractivity contribution in [1.82, 2.24) is 9.97 Å². The van der Waals surface area contributed by atoms with E-state index in [1.807, 2.05) is 0 Å². The maximum Gasteiger partial charge on any atom is 0.226 e. The third-order valence-corrected chi connectivity index (χ3v) is 3.52. The summed E-state index contributed by atoms with van der Waals surface area (Å²) in [6.45, 7) is -0.403. The first kappa shape index (κ1) is 10.1. The molecule has 2 rings (SSSR count). The number of nitrogens with one attached hydrogen (secondary N) is 1. The van der Waals surface area contributed by atoms with Crippen molar-refractivity contribution in [2.75, 3.05) is 12.4 Å². The molecule has 0 unspecified atom stereocenters. The Morgan fingerprint density at radius 2 is 2.07 bits per heavy atom. The summed E-state index contributed by atoms with van der Waals surface area (Å²) in [5.74, 6) is -0.313. The zero-order valence-corrected chi connectivity index (χ0v) is 8.66. The molecule has 0 fully saturated rings. The van der Waals surface area contributed by atoms with Crippen molar-refractivity contribution >= 4 is 20.9 Å². The van der Waals surface area contributed by atoms with Gasteiger partial charge in [-0.3, -0.25) is 0 Å². The standard InChI is InChI=1S/C9H10N2O3S/c12-5-6-15(13,14)9-10-7-3-1-2-4-8(7)11-9/h1-4,12H,5-6H2,(H,10,11). The Kier molecular flexibility index (Phi) is 2.45. The fourth-order valence-electron chi connectivity index (χ4n) is 1.29. The van der Waals surface area contributed by atoms with Crippen molar-refractivity contribution in [3.63, 3.8) is 0 Å². The summed E-state index contributed by atoms with van der Waals surface area (Å²) in [6.07, 6.45) is 0. The number of nitrogens with zero attached hydrogens (tertiary/aromatic N) is 1. The Bertz CT molecular complexity index is 541. The summed E-state index contributed by atoms with van der Waals surface area (Å²) >= 11 is 0. The molecule has 0 saturated heterocycles. The topological polar surface area (TPSA) is 83.1 Å². The number of H-pyrrole nitrogens is 1. The minimum atomic E-state index is -3.49. The normalized spacial score (nSPS) is 12.1. The van der Waals surface area contributed by atoms with Crippen LogP contribution in [0.2, 0.25) is 0 Å². The van der Waals surface area contributed by atoms with Crippen LogP contribution in [0.3, 0.4) is 0 Å². The predicted molar refractivity (Wildman–Crippen MR) is 55.2 cm³/mol. The minimum Gasteiger partial charge on any atom is -0.395 e. The van der Waals surface area contributed by atoms with E-state index in [0.717, 1.165) is 0 Å². The lowest BCUT2D eigenvalue weighted by Crippen LogP contribution is -2.11. The van der Waals surface area contributed by atoms with E-state index in [-0.39, 0.29) is 10.9 Å². The van der Waals surface area contributed by atoms with Gasteiger partial charge < -0.3 is 10.1 Å². The molecule has 0 aliphatic carbocycles. The average molecular weight is 226 g/mol. The Labute approximate surface area is 86.7 Å². The number of aliphatic hydroxyl groups is 1. The van der Waals surface area contributed by atoms with E-state index in [0.29, 0.717) is 11.0 Å². The number of benzene rings is 1. The van der Waals surface area contributed by atoms with Gasteiger partial charge in [-0.25, -0.2) is 13.4 Å². The van der Waals surface area contributed by atoms with Crippen molar-refractivity contribution in [2.45, 2.75) is 5.16 Å². The zero-order chi connectivity index (χ0) is 10.9.